The molecule has 0 saturated carbocycles. The van der Waals surface area contributed by atoms with Crippen LogP contribution < -0.4 is 10.6 Å². The van der Waals surface area contributed by atoms with Crippen LogP contribution in [0.5, 0.6) is 0 Å². The van der Waals surface area contributed by atoms with Crippen LogP contribution in [0.2, 0.25) is 0 Å². The first-order valence-corrected chi connectivity index (χ1v) is 9.65. The number of imide groups is 1. The van der Waals surface area contributed by atoms with Crippen molar-refractivity contribution in [3.8, 4) is 0 Å². The molecular weight excluding hydrogens is 354 g/mol. The highest BCUT2D eigenvalue weighted by atomic mass is 16.2. The van der Waals surface area contributed by atoms with E-state index < -0.39 is 17.5 Å². The van der Waals surface area contributed by atoms with Gasteiger partial charge in [0, 0.05) is 5.69 Å². The van der Waals surface area contributed by atoms with Crippen LogP contribution in [-0.4, -0.2) is 29.3 Å². The van der Waals surface area contributed by atoms with Gasteiger partial charge in [0.05, 0.1) is 0 Å². The molecule has 144 valence electrons. The van der Waals surface area contributed by atoms with Crippen LogP contribution in [0.15, 0.2) is 48.5 Å². The number of anilines is 1. The molecule has 1 fully saturated rings. The number of carbonyl (C=O) groups excluding carboxylic acids is 3. The molecule has 6 heteroatoms. The van der Waals surface area contributed by atoms with E-state index in [4.69, 9.17) is 0 Å². The number of amides is 4. The quantitative estimate of drug-likeness (QED) is 0.804. The SMILES string of the molecule is CCc1ccc(NC(=O)CN2C(=O)N[C@]3(CCCc4ccccc43)C2=O)cc1. The van der Waals surface area contributed by atoms with Gasteiger partial charge < -0.3 is 10.6 Å². The van der Waals surface area contributed by atoms with Gasteiger partial charge in [0.2, 0.25) is 5.91 Å². The number of hydrogen-bond acceptors (Lipinski definition) is 3. The predicted molar refractivity (Wildman–Crippen MR) is 106 cm³/mol. The van der Waals surface area contributed by atoms with E-state index in [0.717, 1.165) is 35.3 Å². The third-order valence-corrected chi connectivity index (χ3v) is 5.60. The van der Waals surface area contributed by atoms with Crippen molar-refractivity contribution in [2.75, 3.05) is 11.9 Å². The molecule has 0 bridgehead atoms. The molecular formula is C22H23N3O3. The summed E-state index contributed by atoms with van der Waals surface area (Å²) in [5.74, 6) is -0.741. The number of urea groups is 1. The van der Waals surface area contributed by atoms with Crippen LogP contribution >= 0.6 is 0 Å². The summed E-state index contributed by atoms with van der Waals surface area (Å²) in [6.07, 6.45) is 3.16. The zero-order chi connectivity index (χ0) is 19.7. The van der Waals surface area contributed by atoms with E-state index in [1.54, 1.807) is 0 Å². The molecule has 2 aliphatic rings. The number of aryl methyl sites for hydroxylation is 2. The highest BCUT2D eigenvalue weighted by molar-refractivity contribution is 6.10. The highest BCUT2D eigenvalue weighted by Gasteiger charge is 2.54. The molecule has 2 aromatic rings. The standard InChI is InChI=1S/C22H23N3O3/c1-2-15-9-11-17(12-10-15)23-19(26)14-25-20(27)22(24-21(25)28)13-5-7-16-6-3-4-8-18(16)22/h3-4,6,8-12H,2,5,7,13-14H2,1H3,(H,23,26)(H,24,28)/t22-/m0/s1. The Morgan fingerprint density at radius 3 is 2.64 bits per heavy atom. The van der Waals surface area contributed by atoms with Crippen LogP contribution in [0.3, 0.4) is 0 Å². The highest BCUT2D eigenvalue weighted by Crippen LogP contribution is 2.39. The lowest BCUT2D eigenvalue weighted by molar-refractivity contribution is -0.134. The van der Waals surface area contributed by atoms with Crippen molar-refractivity contribution in [3.05, 3.63) is 65.2 Å². The lowest BCUT2D eigenvalue weighted by Gasteiger charge is -2.33. The molecule has 1 spiro atoms. The lowest BCUT2D eigenvalue weighted by Crippen LogP contribution is -2.47. The molecule has 1 saturated heterocycles. The van der Waals surface area contributed by atoms with Crippen molar-refractivity contribution in [2.24, 2.45) is 0 Å². The molecule has 1 heterocycles. The van der Waals surface area contributed by atoms with E-state index in [1.807, 2.05) is 48.5 Å². The van der Waals surface area contributed by atoms with Gasteiger partial charge in [-0.3, -0.25) is 14.5 Å². The van der Waals surface area contributed by atoms with E-state index in [-0.39, 0.29) is 12.5 Å². The smallest absolute Gasteiger partial charge is 0.325 e. The maximum Gasteiger partial charge on any atom is 0.325 e. The van der Waals surface area contributed by atoms with Crippen LogP contribution in [0.4, 0.5) is 10.5 Å². The second-order valence-electron chi connectivity index (χ2n) is 7.34. The molecule has 0 aromatic heterocycles. The maximum atomic E-state index is 13.2. The van der Waals surface area contributed by atoms with Crippen molar-refractivity contribution in [3.63, 3.8) is 0 Å². The number of nitrogens with zero attached hydrogens (tertiary/aromatic N) is 1. The summed E-state index contributed by atoms with van der Waals surface area (Å²) >= 11 is 0. The van der Waals surface area contributed by atoms with Gasteiger partial charge >= 0.3 is 6.03 Å². The fourth-order valence-electron chi connectivity index (χ4n) is 4.12. The van der Waals surface area contributed by atoms with E-state index in [2.05, 4.69) is 17.6 Å². The Morgan fingerprint density at radius 2 is 1.89 bits per heavy atom. The Balaban J connectivity index is 1.51. The van der Waals surface area contributed by atoms with Crippen molar-refractivity contribution in [1.29, 1.82) is 0 Å². The van der Waals surface area contributed by atoms with Crippen LogP contribution in [0.25, 0.3) is 0 Å². The van der Waals surface area contributed by atoms with Gasteiger partial charge in [-0.05, 0) is 54.5 Å². The molecule has 1 aliphatic carbocycles. The Hall–Kier alpha value is -3.15. The van der Waals surface area contributed by atoms with Gasteiger partial charge in [0.15, 0.2) is 0 Å². The molecule has 4 rings (SSSR count). The maximum absolute atomic E-state index is 13.2. The largest absolute Gasteiger partial charge is 0.325 e. The van der Waals surface area contributed by atoms with E-state index >= 15 is 0 Å². The number of nitrogens with one attached hydrogen (secondary N) is 2. The van der Waals surface area contributed by atoms with Gasteiger partial charge in [0.25, 0.3) is 5.91 Å². The first-order chi connectivity index (χ1) is 13.5. The van der Waals surface area contributed by atoms with Gasteiger partial charge in [-0.15, -0.1) is 0 Å². The van der Waals surface area contributed by atoms with Gasteiger partial charge in [-0.1, -0.05) is 43.3 Å². The second kappa shape index (κ2) is 7.11. The third kappa shape index (κ3) is 3.05. The Labute approximate surface area is 163 Å². The van der Waals surface area contributed by atoms with Crippen molar-refractivity contribution >= 4 is 23.5 Å². The summed E-state index contributed by atoms with van der Waals surface area (Å²) in [5, 5.41) is 5.63. The van der Waals surface area contributed by atoms with Crippen molar-refractivity contribution < 1.29 is 14.4 Å². The number of carbonyl (C=O) groups is 3. The summed E-state index contributed by atoms with van der Waals surface area (Å²) in [6, 6.07) is 14.7. The molecule has 0 radical (unpaired) electrons. The zero-order valence-electron chi connectivity index (χ0n) is 15.8. The first kappa shape index (κ1) is 18.2. The minimum atomic E-state index is -1.05. The normalized spacial score (nSPS) is 20.8. The Morgan fingerprint density at radius 1 is 1.14 bits per heavy atom. The molecule has 1 atom stereocenters. The average molecular weight is 377 g/mol. The van der Waals surface area contributed by atoms with Crippen molar-refractivity contribution in [1.82, 2.24) is 10.2 Å². The van der Waals surface area contributed by atoms with Gasteiger partial charge in [-0.2, -0.15) is 0 Å². The van der Waals surface area contributed by atoms with Crippen LogP contribution in [0, 0.1) is 0 Å². The molecule has 1 aliphatic heterocycles. The summed E-state index contributed by atoms with van der Waals surface area (Å²) in [6.45, 7) is 1.76. The Kier molecular flexibility index (Phi) is 4.63. The summed E-state index contributed by atoms with van der Waals surface area (Å²) in [4.78, 5) is 39.2. The first-order valence-electron chi connectivity index (χ1n) is 9.65. The van der Waals surface area contributed by atoms with E-state index in [0.29, 0.717) is 12.1 Å². The lowest BCUT2D eigenvalue weighted by atomic mass is 9.76. The molecule has 6 nitrogen and oxygen atoms in total. The minimum Gasteiger partial charge on any atom is -0.325 e. The fraction of sp³-hybridized carbons (Fsp3) is 0.318. The predicted octanol–water partition coefficient (Wildman–Crippen LogP) is 2.97. The minimum absolute atomic E-state index is 0.301. The summed E-state index contributed by atoms with van der Waals surface area (Å²) in [5.41, 5.74) is 2.69. The average Bonchev–Trinajstić information content (AvgIpc) is 2.94. The summed E-state index contributed by atoms with van der Waals surface area (Å²) < 4.78 is 0. The fourth-order valence-corrected chi connectivity index (χ4v) is 4.12. The molecule has 0 unspecified atom stereocenters. The number of benzene rings is 2. The van der Waals surface area contributed by atoms with Crippen molar-refractivity contribution in [2.45, 2.75) is 38.1 Å². The molecule has 2 N–H and O–H groups in total. The number of fused-ring (bicyclic) bond motifs is 2. The van der Waals surface area contributed by atoms with Gasteiger partial charge in [-0.25, -0.2) is 4.79 Å². The number of hydrogen-bond donors (Lipinski definition) is 2. The number of rotatable bonds is 4. The topological polar surface area (TPSA) is 78.5 Å². The molecule has 28 heavy (non-hydrogen) atoms. The zero-order valence-corrected chi connectivity index (χ0v) is 15.8. The monoisotopic (exact) mass is 377 g/mol. The van der Waals surface area contributed by atoms with Crippen LogP contribution in [0.1, 0.15) is 36.5 Å². The van der Waals surface area contributed by atoms with E-state index in [9.17, 15) is 14.4 Å². The third-order valence-electron chi connectivity index (χ3n) is 5.60. The molecule has 4 amide bonds. The van der Waals surface area contributed by atoms with E-state index in [1.165, 1.54) is 5.56 Å². The van der Waals surface area contributed by atoms with Gasteiger partial charge in [0.1, 0.15) is 12.1 Å². The summed E-state index contributed by atoms with van der Waals surface area (Å²) in [7, 11) is 0. The van der Waals surface area contributed by atoms with Crippen LogP contribution in [-0.2, 0) is 28.0 Å². The Bertz CT molecular complexity index is 938. The second-order valence-corrected chi connectivity index (χ2v) is 7.34. The molecule has 2 aromatic carbocycles.